The van der Waals surface area contributed by atoms with Crippen molar-refractivity contribution in [2.75, 3.05) is 0 Å². The van der Waals surface area contributed by atoms with E-state index in [1.165, 1.54) is 6.07 Å². The largest absolute Gasteiger partial charge is 0.506 e. The van der Waals surface area contributed by atoms with Gasteiger partial charge < -0.3 is 15.0 Å². The van der Waals surface area contributed by atoms with Gasteiger partial charge in [-0.15, -0.1) is 0 Å². The first kappa shape index (κ1) is 16.3. The van der Waals surface area contributed by atoms with Crippen LogP contribution in [0.2, 0.25) is 0 Å². The summed E-state index contributed by atoms with van der Waals surface area (Å²) < 4.78 is 15.3. The number of hydrogen-bond donors (Lipinski definition) is 2. The van der Waals surface area contributed by atoms with Crippen LogP contribution in [0.1, 0.15) is 27.9 Å². The molecule has 0 saturated heterocycles. The molecule has 0 spiro atoms. The first-order valence-electron chi connectivity index (χ1n) is 8.47. The number of halogens is 1. The maximum absolute atomic E-state index is 13.7. The number of pyridine rings is 1. The number of carbonyl (C=O) groups excluding carboxylic acids is 1. The Labute approximate surface area is 148 Å². The molecule has 0 aliphatic carbocycles. The smallest absolute Gasteiger partial charge is 0.267 e. The fourth-order valence-corrected chi connectivity index (χ4v) is 3.53. The minimum absolute atomic E-state index is 0.0670. The zero-order valence-electron chi connectivity index (χ0n) is 14.0. The zero-order valence-corrected chi connectivity index (χ0v) is 14.0. The predicted octanol–water partition coefficient (Wildman–Crippen LogP) is 2.72. The number of aryl methyl sites for hydroxylation is 2. The summed E-state index contributed by atoms with van der Waals surface area (Å²) >= 11 is 0. The van der Waals surface area contributed by atoms with Crippen LogP contribution >= 0.6 is 0 Å². The number of nitrogens with zero attached hydrogens (tertiary/aromatic N) is 1. The molecule has 0 saturated carbocycles. The number of benzene rings is 2. The van der Waals surface area contributed by atoms with Crippen LogP contribution in [0.3, 0.4) is 0 Å². The van der Waals surface area contributed by atoms with Crippen molar-refractivity contribution in [1.82, 2.24) is 9.88 Å². The maximum atomic E-state index is 13.7. The predicted molar refractivity (Wildman–Crippen MR) is 95.8 cm³/mol. The Bertz CT molecular complexity index is 1090. The average molecular weight is 352 g/mol. The SMILES string of the molecule is O=C(NCc1ccccc1F)c1c(O)c2cccc3c2n(c1=O)CCC3. The summed E-state index contributed by atoms with van der Waals surface area (Å²) in [5.74, 6) is -1.47. The van der Waals surface area contributed by atoms with Gasteiger partial charge in [0.25, 0.3) is 11.5 Å². The third-order valence-electron chi connectivity index (χ3n) is 4.79. The first-order valence-corrected chi connectivity index (χ1v) is 8.47. The Hall–Kier alpha value is -3.15. The lowest BCUT2D eigenvalue weighted by Gasteiger charge is -2.21. The average Bonchev–Trinajstić information content (AvgIpc) is 2.65. The van der Waals surface area contributed by atoms with E-state index in [1.807, 2.05) is 6.07 Å². The second-order valence-corrected chi connectivity index (χ2v) is 6.37. The summed E-state index contributed by atoms with van der Waals surface area (Å²) in [6.45, 7) is 0.433. The van der Waals surface area contributed by atoms with Gasteiger partial charge in [-0.2, -0.15) is 0 Å². The van der Waals surface area contributed by atoms with E-state index >= 15 is 0 Å². The highest BCUT2D eigenvalue weighted by Crippen LogP contribution is 2.31. The summed E-state index contributed by atoms with van der Waals surface area (Å²) in [5.41, 5.74) is 1.16. The van der Waals surface area contributed by atoms with Crippen LogP contribution in [0.25, 0.3) is 10.9 Å². The van der Waals surface area contributed by atoms with Crippen LogP contribution in [0.15, 0.2) is 47.3 Å². The van der Waals surface area contributed by atoms with Crippen molar-refractivity contribution >= 4 is 16.8 Å². The van der Waals surface area contributed by atoms with Crippen molar-refractivity contribution in [3.8, 4) is 5.75 Å². The highest BCUT2D eigenvalue weighted by molar-refractivity contribution is 6.02. The van der Waals surface area contributed by atoms with Gasteiger partial charge in [-0.3, -0.25) is 9.59 Å². The highest BCUT2D eigenvalue weighted by Gasteiger charge is 2.25. The Morgan fingerprint density at radius 3 is 2.81 bits per heavy atom. The molecule has 1 aliphatic rings. The van der Waals surface area contributed by atoms with Crippen molar-refractivity contribution in [2.45, 2.75) is 25.9 Å². The van der Waals surface area contributed by atoms with Crippen molar-refractivity contribution in [2.24, 2.45) is 0 Å². The third-order valence-corrected chi connectivity index (χ3v) is 4.79. The second kappa shape index (κ2) is 6.29. The van der Waals surface area contributed by atoms with Crippen molar-refractivity contribution in [3.63, 3.8) is 0 Å². The third kappa shape index (κ3) is 2.54. The molecule has 2 N–H and O–H groups in total. The quantitative estimate of drug-likeness (QED) is 0.761. The fraction of sp³-hybridized carbons (Fsp3) is 0.200. The van der Waals surface area contributed by atoms with Crippen molar-refractivity contribution < 1.29 is 14.3 Å². The first-order chi connectivity index (χ1) is 12.6. The van der Waals surface area contributed by atoms with Crippen LogP contribution in [0.5, 0.6) is 5.75 Å². The minimum Gasteiger partial charge on any atom is -0.506 e. The summed E-state index contributed by atoms with van der Waals surface area (Å²) in [6, 6.07) is 11.5. The number of rotatable bonds is 3. The second-order valence-electron chi connectivity index (χ2n) is 6.37. The van der Waals surface area contributed by atoms with E-state index in [4.69, 9.17) is 0 Å². The number of aromatic hydroxyl groups is 1. The van der Waals surface area contributed by atoms with Gasteiger partial charge >= 0.3 is 0 Å². The van der Waals surface area contributed by atoms with E-state index in [-0.39, 0.29) is 17.9 Å². The molecule has 132 valence electrons. The van der Waals surface area contributed by atoms with E-state index in [9.17, 15) is 19.1 Å². The molecule has 0 atom stereocenters. The van der Waals surface area contributed by atoms with Gasteiger partial charge in [0, 0.05) is 24.0 Å². The van der Waals surface area contributed by atoms with E-state index in [2.05, 4.69) is 5.32 Å². The van der Waals surface area contributed by atoms with Gasteiger partial charge in [-0.25, -0.2) is 4.39 Å². The monoisotopic (exact) mass is 352 g/mol. The van der Waals surface area contributed by atoms with Gasteiger partial charge in [-0.1, -0.05) is 30.3 Å². The molecule has 0 unspecified atom stereocenters. The molecule has 1 amide bonds. The van der Waals surface area contributed by atoms with Crippen LogP contribution in [0, 0.1) is 5.82 Å². The molecular weight excluding hydrogens is 335 g/mol. The van der Waals surface area contributed by atoms with Gasteiger partial charge in [0.1, 0.15) is 17.1 Å². The van der Waals surface area contributed by atoms with Crippen molar-refractivity contribution in [3.05, 3.63) is 75.3 Å². The van der Waals surface area contributed by atoms with Gasteiger partial charge in [0.05, 0.1) is 5.52 Å². The normalized spacial score (nSPS) is 13.0. The van der Waals surface area contributed by atoms with E-state index < -0.39 is 17.3 Å². The van der Waals surface area contributed by atoms with Crippen molar-refractivity contribution in [1.29, 1.82) is 0 Å². The molecule has 0 fully saturated rings. The zero-order chi connectivity index (χ0) is 18.3. The molecule has 5 nitrogen and oxygen atoms in total. The lowest BCUT2D eigenvalue weighted by molar-refractivity contribution is 0.0946. The molecule has 4 rings (SSSR count). The van der Waals surface area contributed by atoms with Crippen LogP contribution in [-0.2, 0) is 19.5 Å². The summed E-state index contributed by atoms with van der Waals surface area (Å²) in [4.78, 5) is 25.4. The van der Waals surface area contributed by atoms with Crippen LogP contribution in [-0.4, -0.2) is 15.6 Å². The molecule has 1 aliphatic heterocycles. The van der Waals surface area contributed by atoms with E-state index in [1.54, 1.807) is 34.9 Å². The lowest BCUT2D eigenvalue weighted by Crippen LogP contribution is -2.34. The Balaban J connectivity index is 1.76. The molecule has 26 heavy (non-hydrogen) atoms. The highest BCUT2D eigenvalue weighted by atomic mass is 19.1. The van der Waals surface area contributed by atoms with E-state index in [0.29, 0.717) is 23.0 Å². The number of amides is 1. The topological polar surface area (TPSA) is 71.3 Å². The van der Waals surface area contributed by atoms with Crippen LogP contribution in [0.4, 0.5) is 4.39 Å². The van der Waals surface area contributed by atoms with E-state index in [0.717, 1.165) is 18.4 Å². The lowest BCUT2D eigenvalue weighted by atomic mass is 9.99. The molecular formula is C20H17FN2O3. The van der Waals surface area contributed by atoms with Gasteiger partial charge in [0.15, 0.2) is 0 Å². The maximum Gasteiger partial charge on any atom is 0.267 e. The molecule has 2 heterocycles. The Morgan fingerprint density at radius 1 is 1.19 bits per heavy atom. The molecule has 0 radical (unpaired) electrons. The Kier molecular flexibility index (Phi) is 3.95. The number of hydrogen-bond acceptors (Lipinski definition) is 3. The number of nitrogens with one attached hydrogen (secondary N) is 1. The molecule has 3 aromatic rings. The minimum atomic E-state index is -0.711. The standard InChI is InChI=1S/C20H17FN2O3/c21-15-9-2-1-5-13(15)11-22-19(25)16-18(24)14-8-3-6-12-7-4-10-23(17(12)14)20(16)26/h1-3,5-6,8-9,24H,4,7,10-11H2,(H,22,25). The molecule has 2 aromatic carbocycles. The van der Waals surface area contributed by atoms with Gasteiger partial charge in [0.2, 0.25) is 0 Å². The summed E-state index contributed by atoms with van der Waals surface area (Å²) in [6.07, 6.45) is 1.63. The summed E-state index contributed by atoms with van der Waals surface area (Å²) in [7, 11) is 0. The fourth-order valence-electron chi connectivity index (χ4n) is 3.53. The molecule has 0 bridgehead atoms. The molecule has 1 aromatic heterocycles. The number of aromatic nitrogens is 1. The molecule has 6 heteroatoms. The Morgan fingerprint density at radius 2 is 2.00 bits per heavy atom. The summed E-state index contributed by atoms with van der Waals surface area (Å²) in [5, 5.41) is 13.6. The number of para-hydroxylation sites is 1. The van der Waals surface area contributed by atoms with Crippen LogP contribution < -0.4 is 10.9 Å². The van der Waals surface area contributed by atoms with Gasteiger partial charge in [-0.05, 0) is 30.5 Å². The number of carbonyl (C=O) groups is 1.